The summed E-state index contributed by atoms with van der Waals surface area (Å²) in [5, 5.41) is 5.51. The summed E-state index contributed by atoms with van der Waals surface area (Å²) in [4.78, 5) is 8.39. The van der Waals surface area contributed by atoms with Crippen LogP contribution >= 0.6 is 35.3 Å². The van der Waals surface area contributed by atoms with Crippen LogP contribution in [0.15, 0.2) is 22.5 Å². The minimum absolute atomic E-state index is 0. The molecule has 0 fully saturated rings. The second-order valence-electron chi connectivity index (χ2n) is 6.30. The minimum atomic E-state index is 0. The molecule has 0 radical (unpaired) electrons. The first-order chi connectivity index (χ1) is 9.42. The van der Waals surface area contributed by atoms with Crippen molar-refractivity contribution in [3.8, 4) is 0 Å². The van der Waals surface area contributed by atoms with Crippen LogP contribution in [-0.4, -0.2) is 37.5 Å². The van der Waals surface area contributed by atoms with Crippen molar-refractivity contribution in [2.75, 3.05) is 26.7 Å². The van der Waals surface area contributed by atoms with Gasteiger partial charge in [0.1, 0.15) is 0 Å². The Balaban J connectivity index is 0.00000400. The summed E-state index contributed by atoms with van der Waals surface area (Å²) in [6.07, 6.45) is 2.19. The Morgan fingerprint density at radius 1 is 1.38 bits per heavy atom. The minimum Gasteiger partial charge on any atom is -0.357 e. The van der Waals surface area contributed by atoms with Gasteiger partial charge in [-0.15, -0.1) is 35.3 Å². The third-order valence-corrected chi connectivity index (χ3v) is 4.03. The Labute approximate surface area is 151 Å². The molecule has 0 aromatic carbocycles. The monoisotopic (exact) mass is 423 g/mol. The first-order valence-corrected chi connectivity index (χ1v) is 8.32. The lowest BCUT2D eigenvalue weighted by Crippen LogP contribution is -2.40. The number of likely N-dealkylation sites (N-methyl/N-ethyl adjacent to an activating group) is 1. The van der Waals surface area contributed by atoms with Crippen molar-refractivity contribution in [1.82, 2.24) is 10.2 Å². The molecule has 1 aromatic rings. The maximum atomic E-state index is 4.73. The van der Waals surface area contributed by atoms with Crippen LogP contribution in [0.1, 0.15) is 39.0 Å². The Kier molecular flexibility index (Phi) is 10.3. The summed E-state index contributed by atoms with van der Waals surface area (Å²) in [6, 6.07) is 4.31. The van der Waals surface area contributed by atoms with E-state index in [0.717, 1.165) is 38.4 Å². The lowest BCUT2D eigenvalue weighted by molar-refractivity contribution is 0.383. The van der Waals surface area contributed by atoms with Gasteiger partial charge in [0.25, 0.3) is 0 Å². The molecule has 1 heterocycles. The Morgan fingerprint density at radius 2 is 2.10 bits per heavy atom. The topological polar surface area (TPSA) is 27.6 Å². The van der Waals surface area contributed by atoms with Crippen LogP contribution in [0.4, 0.5) is 0 Å². The van der Waals surface area contributed by atoms with E-state index in [9.17, 15) is 0 Å². The van der Waals surface area contributed by atoms with Crippen molar-refractivity contribution in [1.29, 1.82) is 0 Å². The zero-order valence-corrected chi connectivity index (χ0v) is 17.1. The summed E-state index contributed by atoms with van der Waals surface area (Å²) < 4.78 is 0. The molecule has 0 saturated heterocycles. The first-order valence-electron chi connectivity index (χ1n) is 7.44. The highest BCUT2D eigenvalue weighted by Crippen LogP contribution is 2.18. The van der Waals surface area contributed by atoms with E-state index >= 15 is 0 Å². The first kappa shape index (κ1) is 20.7. The fourth-order valence-electron chi connectivity index (χ4n) is 1.81. The molecule has 1 N–H and O–H groups in total. The Bertz CT molecular complexity index is 396. The molecule has 1 aromatic heterocycles. The van der Waals surface area contributed by atoms with Crippen molar-refractivity contribution < 1.29 is 0 Å². The van der Waals surface area contributed by atoms with E-state index in [1.54, 1.807) is 0 Å². The van der Waals surface area contributed by atoms with Crippen LogP contribution in [0.2, 0.25) is 0 Å². The fourth-order valence-corrected chi connectivity index (χ4v) is 2.50. The van der Waals surface area contributed by atoms with E-state index in [1.807, 2.05) is 11.3 Å². The highest BCUT2D eigenvalue weighted by molar-refractivity contribution is 14.0. The highest BCUT2D eigenvalue weighted by Gasteiger charge is 2.10. The van der Waals surface area contributed by atoms with Gasteiger partial charge in [0.15, 0.2) is 5.96 Å². The SMILES string of the molecule is CCNC(=NCCC(C)(C)C)N(C)CCc1cccs1.I. The Morgan fingerprint density at radius 3 is 2.62 bits per heavy atom. The molecule has 122 valence electrons. The van der Waals surface area contributed by atoms with Crippen molar-refractivity contribution in [2.24, 2.45) is 10.4 Å². The van der Waals surface area contributed by atoms with E-state index in [1.165, 1.54) is 4.88 Å². The standard InChI is InChI=1S/C16H29N3S.HI/c1-6-17-15(18-11-10-16(2,3)4)19(5)12-9-14-8-7-13-20-14;/h7-8,13H,6,9-12H2,1-5H3,(H,17,18);1H. The maximum Gasteiger partial charge on any atom is 0.193 e. The lowest BCUT2D eigenvalue weighted by atomic mass is 9.92. The molecule has 0 spiro atoms. The summed E-state index contributed by atoms with van der Waals surface area (Å²) in [6.45, 7) is 11.7. The Hall–Kier alpha value is -0.300. The number of nitrogens with one attached hydrogen (secondary N) is 1. The van der Waals surface area contributed by atoms with Crippen LogP contribution in [0.5, 0.6) is 0 Å². The van der Waals surface area contributed by atoms with Crippen molar-refractivity contribution in [3.63, 3.8) is 0 Å². The summed E-state index contributed by atoms with van der Waals surface area (Å²) in [5.74, 6) is 1.02. The third kappa shape index (κ3) is 9.34. The number of guanidine groups is 1. The normalized spacial score (nSPS) is 12.0. The average molecular weight is 423 g/mol. The van der Waals surface area contributed by atoms with Crippen LogP contribution in [0.3, 0.4) is 0 Å². The van der Waals surface area contributed by atoms with E-state index in [0.29, 0.717) is 5.41 Å². The molecule has 0 amide bonds. The number of aliphatic imine (C=N–C) groups is 1. The molecule has 0 unspecified atom stereocenters. The molecule has 0 aliphatic carbocycles. The van der Waals surface area contributed by atoms with E-state index in [-0.39, 0.29) is 24.0 Å². The van der Waals surface area contributed by atoms with Gasteiger partial charge >= 0.3 is 0 Å². The quantitative estimate of drug-likeness (QED) is 0.421. The van der Waals surface area contributed by atoms with Gasteiger partial charge in [-0.2, -0.15) is 0 Å². The van der Waals surface area contributed by atoms with E-state index in [2.05, 4.69) is 62.5 Å². The molecule has 0 aliphatic heterocycles. The zero-order valence-electron chi connectivity index (χ0n) is 14.0. The van der Waals surface area contributed by atoms with Gasteiger partial charge < -0.3 is 10.2 Å². The number of nitrogens with zero attached hydrogens (tertiary/aromatic N) is 2. The molecule has 3 nitrogen and oxygen atoms in total. The third-order valence-electron chi connectivity index (χ3n) is 3.09. The molecular formula is C16H30IN3S. The second kappa shape index (κ2) is 10.4. The molecule has 0 bridgehead atoms. The van der Waals surface area contributed by atoms with Gasteiger partial charge in [0.05, 0.1) is 0 Å². The largest absolute Gasteiger partial charge is 0.357 e. The molecular weight excluding hydrogens is 393 g/mol. The predicted octanol–water partition coefficient (Wildman–Crippen LogP) is 4.24. The molecule has 1 rings (SSSR count). The van der Waals surface area contributed by atoms with Crippen LogP contribution < -0.4 is 5.32 Å². The predicted molar refractivity (Wildman–Crippen MR) is 106 cm³/mol. The number of thiophene rings is 1. The number of hydrogen-bond acceptors (Lipinski definition) is 2. The lowest BCUT2D eigenvalue weighted by Gasteiger charge is -2.23. The van der Waals surface area contributed by atoms with Crippen LogP contribution in [0.25, 0.3) is 0 Å². The summed E-state index contributed by atoms with van der Waals surface area (Å²) in [7, 11) is 2.12. The van der Waals surface area contributed by atoms with Crippen LogP contribution in [-0.2, 0) is 6.42 Å². The number of rotatable bonds is 6. The maximum absolute atomic E-state index is 4.73. The number of halogens is 1. The van der Waals surface area contributed by atoms with E-state index in [4.69, 9.17) is 4.99 Å². The van der Waals surface area contributed by atoms with Crippen molar-refractivity contribution in [3.05, 3.63) is 22.4 Å². The van der Waals surface area contributed by atoms with Gasteiger partial charge in [-0.05, 0) is 36.6 Å². The molecule has 21 heavy (non-hydrogen) atoms. The van der Waals surface area contributed by atoms with Gasteiger partial charge in [0, 0.05) is 31.6 Å². The molecule has 0 atom stereocenters. The summed E-state index contributed by atoms with van der Waals surface area (Å²) in [5.41, 5.74) is 0.344. The highest BCUT2D eigenvalue weighted by atomic mass is 127. The number of hydrogen-bond donors (Lipinski definition) is 1. The average Bonchev–Trinajstić information content (AvgIpc) is 2.86. The van der Waals surface area contributed by atoms with Gasteiger partial charge in [-0.25, -0.2) is 0 Å². The van der Waals surface area contributed by atoms with Gasteiger partial charge in [0.2, 0.25) is 0 Å². The smallest absolute Gasteiger partial charge is 0.193 e. The van der Waals surface area contributed by atoms with Gasteiger partial charge in [-0.1, -0.05) is 26.8 Å². The fraction of sp³-hybridized carbons (Fsp3) is 0.688. The van der Waals surface area contributed by atoms with Crippen molar-refractivity contribution >= 4 is 41.3 Å². The molecule has 0 saturated carbocycles. The van der Waals surface area contributed by atoms with Crippen molar-refractivity contribution in [2.45, 2.75) is 40.5 Å². The summed E-state index contributed by atoms with van der Waals surface area (Å²) >= 11 is 1.82. The van der Waals surface area contributed by atoms with E-state index < -0.39 is 0 Å². The van der Waals surface area contributed by atoms with Gasteiger partial charge in [-0.3, -0.25) is 4.99 Å². The molecule has 0 aliphatic rings. The zero-order chi connectivity index (χ0) is 15.0. The van der Waals surface area contributed by atoms with Crippen LogP contribution in [0, 0.1) is 5.41 Å². The second-order valence-corrected chi connectivity index (χ2v) is 7.33. The molecule has 5 heteroatoms.